The second kappa shape index (κ2) is 19.6. The number of hydrogen-bond donors (Lipinski definition) is 4. The van der Waals surface area contributed by atoms with E-state index in [1.165, 1.54) is 17.7 Å². The Morgan fingerprint density at radius 3 is 2.00 bits per heavy atom. The Kier molecular flexibility index (Phi) is 16.0. The Morgan fingerprint density at radius 1 is 0.917 bits per heavy atom. The minimum absolute atomic E-state index is 0.0486. The summed E-state index contributed by atoms with van der Waals surface area (Å²) in [5.74, 6) is -1.57. The number of aromatic nitrogens is 1. The summed E-state index contributed by atoms with van der Waals surface area (Å²) in [6, 6.07) is 6.30. The van der Waals surface area contributed by atoms with Gasteiger partial charge in [-0.25, -0.2) is 4.98 Å². The Labute approximate surface area is 290 Å². The number of aliphatic hydroxyl groups excluding tert-OH is 1. The summed E-state index contributed by atoms with van der Waals surface area (Å²) in [7, 11) is 0. The van der Waals surface area contributed by atoms with Gasteiger partial charge < -0.3 is 25.7 Å². The van der Waals surface area contributed by atoms with Gasteiger partial charge in [-0.15, -0.1) is 11.3 Å². The Bertz CT molecular complexity index is 1320. The van der Waals surface area contributed by atoms with Gasteiger partial charge in [0.1, 0.15) is 12.1 Å². The van der Waals surface area contributed by atoms with E-state index < -0.39 is 29.6 Å². The highest BCUT2D eigenvalue weighted by molar-refractivity contribution is 7.13. The molecule has 2 aromatic rings. The summed E-state index contributed by atoms with van der Waals surface area (Å²) in [6.45, 7) is 8.00. The van der Waals surface area contributed by atoms with Crippen molar-refractivity contribution in [1.29, 1.82) is 0 Å². The number of hydrogen-bond acceptors (Lipinski definition) is 7. The fourth-order valence-corrected chi connectivity index (χ4v) is 6.98. The van der Waals surface area contributed by atoms with Crippen molar-refractivity contribution in [2.75, 3.05) is 6.54 Å². The molecule has 0 unspecified atom stereocenters. The molecule has 11 heteroatoms. The molecule has 1 aliphatic heterocycles. The van der Waals surface area contributed by atoms with Gasteiger partial charge in [-0.2, -0.15) is 0 Å². The number of carbonyl (C=O) groups is 4. The zero-order valence-electron chi connectivity index (χ0n) is 29.3. The first-order valence-corrected chi connectivity index (χ1v) is 18.5. The van der Waals surface area contributed by atoms with E-state index >= 15 is 0 Å². The molecule has 3 atom stereocenters. The third-order valence-electron chi connectivity index (χ3n) is 9.01. The highest BCUT2D eigenvalue weighted by Gasteiger charge is 2.44. The van der Waals surface area contributed by atoms with Crippen molar-refractivity contribution in [2.45, 2.75) is 142 Å². The number of thiazole rings is 1. The lowest BCUT2D eigenvalue weighted by Crippen LogP contribution is -2.57. The van der Waals surface area contributed by atoms with Crippen LogP contribution in [-0.2, 0) is 25.7 Å². The highest BCUT2D eigenvalue weighted by Crippen LogP contribution is 2.28. The lowest BCUT2D eigenvalue weighted by atomic mass is 9.85. The summed E-state index contributed by atoms with van der Waals surface area (Å²) < 4.78 is 0. The molecule has 0 spiro atoms. The number of benzene rings is 1. The second-order valence-electron chi connectivity index (χ2n) is 14.2. The number of amides is 3. The van der Waals surface area contributed by atoms with Gasteiger partial charge in [0.15, 0.2) is 0 Å². The maximum absolute atomic E-state index is 13.8. The van der Waals surface area contributed by atoms with Crippen molar-refractivity contribution in [3.05, 3.63) is 41.0 Å². The van der Waals surface area contributed by atoms with Gasteiger partial charge in [0.25, 0.3) is 0 Å². The number of nitrogens with one attached hydrogen (secondary N) is 2. The van der Waals surface area contributed by atoms with Crippen LogP contribution in [0.5, 0.6) is 0 Å². The first-order valence-electron chi connectivity index (χ1n) is 17.6. The second-order valence-corrected chi connectivity index (χ2v) is 15.1. The monoisotopic (exact) mass is 684 g/mol. The van der Waals surface area contributed by atoms with Crippen LogP contribution in [0.25, 0.3) is 10.4 Å². The van der Waals surface area contributed by atoms with Gasteiger partial charge in [-0.1, -0.05) is 103 Å². The van der Waals surface area contributed by atoms with Gasteiger partial charge >= 0.3 is 5.97 Å². The molecule has 0 saturated carbocycles. The van der Waals surface area contributed by atoms with Crippen molar-refractivity contribution >= 4 is 35.0 Å². The normalized spacial score (nSPS) is 16.9. The lowest BCUT2D eigenvalue weighted by Gasteiger charge is -2.35. The van der Waals surface area contributed by atoms with Crippen LogP contribution < -0.4 is 10.6 Å². The van der Waals surface area contributed by atoms with E-state index in [1.54, 1.807) is 11.3 Å². The molecule has 3 amide bonds. The molecule has 1 aromatic carbocycles. The smallest absolute Gasteiger partial charge is 0.303 e. The van der Waals surface area contributed by atoms with Crippen LogP contribution in [0, 0.1) is 12.3 Å². The number of aliphatic hydroxyl groups is 1. The Morgan fingerprint density at radius 2 is 1.48 bits per heavy atom. The average Bonchev–Trinajstić information content (AvgIpc) is 3.65. The molecule has 1 aliphatic rings. The third-order valence-corrected chi connectivity index (χ3v) is 9.98. The molecule has 0 bridgehead atoms. The molecule has 0 radical (unpaired) electrons. The molecule has 266 valence electrons. The minimum Gasteiger partial charge on any atom is -0.481 e. The Hall–Kier alpha value is -3.31. The number of carboxylic acid groups (broad SMARTS) is 1. The summed E-state index contributed by atoms with van der Waals surface area (Å²) >= 11 is 1.59. The van der Waals surface area contributed by atoms with Crippen LogP contribution >= 0.6 is 11.3 Å². The summed E-state index contributed by atoms with van der Waals surface area (Å²) in [5, 5.41) is 25.1. The fraction of sp³-hybridized carbons (Fsp3) is 0.649. The molecule has 1 fully saturated rings. The van der Waals surface area contributed by atoms with Crippen molar-refractivity contribution in [3.8, 4) is 10.4 Å². The van der Waals surface area contributed by atoms with Crippen LogP contribution in [0.3, 0.4) is 0 Å². The van der Waals surface area contributed by atoms with Crippen molar-refractivity contribution < 1.29 is 29.4 Å². The van der Waals surface area contributed by atoms with E-state index in [-0.39, 0.29) is 37.1 Å². The molecule has 3 rings (SSSR count). The minimum atomic E-state index is -0.822. The van der Waals surface area contributed by atoms with Crippen LogP contribution in [0.1, 0.15) is 122 Å². The Balaban J connectivity index is 1.41. The summed E-state index contributed by atoms with van der Waals surface area (Å²) in [4.78, 5) is 57.5. The van der Waals surface area contributed by atoms with E-state index in [0.29, 0.717) is 13.0 Å². The zero-order valence-corrected chi connectivity index (χ0v) is 30.1. The van der Waals surface area contributed by atoms with Crippen LogP contribution in [0.4, 0.5) is 0 Å². The standard InChI is InChI=1S/C37H56N4O6S/c1-26-33(48-25-39-26)28-20-18-27(19-21-28)23-38-35(46)30-22-29(42)24-41(30)36(47)34(37(2,3)4)40-31(43)16-14-12-10-8-6-5-7-9-11-13-15-17-32(44)45/h18-21,25,29-30,34,42H,5-17,22-24H2,1-4H3,(H,38,46)(H,40,43)(H,44,45)/t29-,30+,34-/m1/s1. The van der Waals surface area contributed by atoms with E-state index in [9.17, 15) is 24.3 Å². The number of carboxylic acids is 1. The van der Waals surface area contributed by atoms with Gasteiger partial charge in [-0.3, -0.25) is 19.2 Å². The first-order chi connectivity index (χ1) is 22.9. The largest absolute Gasteiger partial charge is 0.481 e. The fourth-order valence-electron chi connectivity index (χ4n) is 6.17. The topological polar surface area (TPSA) is 149 Å². The third kappa shape index (κ3) is 13.0. The molecular formula is C37H56N4O6S. The zero-order chi connectivity index (χ0) is 35.1. The van der Waals surface area contributed by atoms with Gasteiger partial charge in [-0.05, 0) is 36.3 Å². The number of nitrogens with zero attached hydrogens (tertiary/aromatic N) is 2. The predicted molar refractivity (Wildman–Crippen MR) is 189 cm³/mol. The summed E-state index contributed by atoms with van der Waals surface area (Å²) in [6.07, 6.45) is 11.3. The molecular weight excluding hydrogens is 628 g/mol. The predicted octanol–water partition coefficient (Wildman–Crippen LogP) is 6.38. The highest BCUT2D eigenvalue weighted by atomic mass is 32.1. The molecule has 0 aliphatic carbocycles. The van der Waals surface area contributed by atoms with Gasteiger partial charge in [0, 0.05) is 32.4 Å². The van der Waals surface area contributed by atoms with Crippen LogP contribution in [0.15, 0.2) is 29.8 Å². The van der Waals surface area contributed by atoms with Crippen molar-refractivity contribution in [3.63, 3.8) is 0 Å². The number of carbonyl (C=O) groups excluding carboxylic acids is 3. The van der Waals surface area contributed by atoms with Crippen LogP contribution in [0.2, 0.25) is 0 Å². The number of rotatable bonds is 20. The van der Waals surface area contributed by atoms with Crippen LogP contribution in [-0.4, -0.2) is 68.5 Å². The average molecular weight is 685 g/mol. The molecule has 4 N–H and O–H groups in total. The maximum atomic E-state index is 13.8. The maximum Gasteiger partial charge on any atom is 0.303 e. The molecule has 1 aromatic heterocycles. The lowest BCUT2D eigenvalue weighted by molar-refractivity contribution is -0.144. The first kappa shape index (κ1) is 39.1. The number of likely N-dealkylation sites (tertiary alicyclic amines) is 1. The molecule has 1 saturated heterocycles. The molecule has 10 nitrogen and oxygen atoms in total. The molecule has 2 heterocycles. The number of aryl methyl sites for hydroxylation is 1. The van der Waals surface area contributed by atoms with Crippen molar-refractivity contribution in [1.82, 2.24) is 20.5 Å². The van der Waals surface area contributed by atoms with Crippen molar-refractivity contribution in [2.24, 2.45) is 5.41 Å². The van der Waals surface area contributed by atoms with E-state index in [4.69, 9.17) is 5.11 Å². The quantitative estimate of drug-likeness (QED) is 0.118. The SMILES string of the molecule is Cc1ncsc1-c1ccc(CNC(=O)[C@@H]2C[C@@H](O)CN2C(=O)[C@@H](NC(=O)CCCCCCCCCCCCCC(=O)O)C(C)(C)C)cc1. The van der Waals surface area contributed by atoms with Gasteiger partial charge in [0.2, 0.25) is 17.7 Å². The number of unbranched alkanes of at least 4 members (excludes halogenated alkanes) is 10. The number of β-amino-alcohol motifs (C(OH)–C–C–N with tert-alkyl or cyclic N) is 1. The summed E-state index contributed by atoms with van der Waals surface area (Å²) in [5.41, 5.74) is 4.21. The van der Waals surface area contributed by atoms with E-state index in [2.05, 4.69) is 15.6 Å². The van der Waals surface area contributed by atoms with E-state index in [0.717, 1.165) is 79.5 Å². The number of aliphatic carboxylic acids is 1. The molecule has 48 heavy (non-hydrogen) atoms. The van der Waals surface area contributed by atoms with E-state index in [1.807, 2.05) is 57.5 Å². The van der Waals surface area contributed by atoms with Gasteiger partial charge in [0.05, 0.1) is 22.2 Å².